The second-order valence-electron chi connectivity index (χ2n) is 7.25. The Morgan fingerprint density at radius 1 is 1.25 bits per heavy atom. The molecule has 0 saturated carbocycles. The van der Waals surface area contributed by atoms with Gasteiger partial charge < -0.3 is 9.64 Å². The summed E-state index contributed by atoms with van der Waals surface area (Å²) in [5.74, 6) is 0.533. The fraction of sp³-hybridized carbons (Fsp3) is 0.889. The van der Waals surface area contributed by atoms with Crippen molar-refractivity contribution in [3.8, 4) is 6.07 Å². The third-order valence-electron chi connectivity index (χ3n) is 5.02. The molecule has 2 aliphatic heterocycles. The Morgan fingerprint density at radius 3 is 2.54 bits per heavy atom. The molecule has 0 aromatic heterocycles. The molecule has 0 unspecified atom stereocenters. The molecule has 6 heteroatoms. The van der Waals surface area contributed by atoms with Crippen molar-refractivity contribution in [2.45, 2.75) is 45.8 Å². The van der Waals surface area contributed by atoms with Crippen LogP contribution in [0.15, 0.2) is 0 Å². The summed E-state index contributed by atoms with van der Waals surface area (Å²) in [6.07, 6.45) is 2.45. The number of carbonyl (C=O) groups excluding carboxylic acids is 1. The van der Waals surface area contributed by atoms with Gasteiger partial charge in [0.2, 0.25) is 5.91 Å². The highest BCUT2D eigenvalue weighted by atomic mass is 16.5. The summed E-state index contributed by atoms with van der Waals surface area (Å²) in [5.41, 5.74) is 0. The molecule has 6 nitrogen and oxygen atoms in total. The van der Waals surface area contributed by atoms with Crippen LogP contribution in [-0.2, 0) is 9.53 Å². The van der Waals surface area contributed by atoms with E-state index in [4.69, 9.17) is 4.74 Å². The lowest BCUT2D eigenvalue weighted by molar-refractivity contribution is -0.136. The van der Waals surface area contributed by atoms with Crippen LogP contribution in [0.2, 0.25) is 0 Å². The van der Waals surface area contributed by atoms with Gasteiger partial charge >= 0.3 is 0 Å². The van der Waals surface area contributed by atoms with Crippen molar-refractivity contribution in [3.63, 3.8) is 0 Å². The zero-order valence-electron chi connectivity index (χ0n) is 15.4. The molecule has 2 heterocycles. The molecular weight excluding hydrogens is 304 g/mol. The highest BCUT2D eigenvalue weighted by Gasteiger charge is 2.29. The smallest absolute Gasteiger partial charge is 0.236 e. The van der Waals surface area contributed by atoms with E-state index in [-0.39, 0.29) is 18.1 Å². The minimum Gasteiger partial charge on any atom is -0.376 e. The van der Waals surface area contributed by atoms with Crippen molar-refractivity contribution in [3.05, 3.63) is 0 Å². The molecule has 0 aromatic rings. The summed E-state index contributed by atoms with van der Waals surface area (Å²) in [6, 6.07) is 2.35. The van der Waals surface area contributed by atoms with E-state index < -0.39 is 0 Å². The molecule has 2 saturated heterocycles. The predicted molar refractivity (Wildman–Crippen MR) is 93.5 cm³/mol. The first-order valence-corrected chi connectivity index (χ1v) is 9.30. The maximum absolute atomic E-state index is 12.6. The predicted octanol–water partition coefficient (Wildman–Crippen LogP) is 1.18. The summed E-state index contributed by atoms with van der Waals surface area (Å²) >= 11 is 0. The fourth-order valence-electron chi connectivity index (χ4n) is 3.61. The molecule has 0 N–H and O–H groups in total. The quantitative estimate of drug-likeness (QED) is 0.729. The minimum atomic E-state index is -0.0451. The van der Waals surface area contributed by atoms with Crippen molar-refractivity contribution < 1.29 is 9.53 Å². The first-order valence-electron chi connectivity index (χ1n) is 9.30. The van der Waals surface area contributed by atoms with Crippen LogP contribution >= 0.6 is 0 Å². The molecule has 2 rings (SSSR count). The van der Waals surface area contributed by atoms with E-state index in [2.05, 4.69) is 36.6 Å². The summed E-state index contributed by atoms with van der Waals surface area (Å²) in [6.45, 7) is 12.3. The lowest BCUT2D eigenvalue weighted by Gasteiger charge is -2.39. The zero-order valence-corrected chi connectivity index (χ0v) is 15.4. The fourth-order valence-corrected chi connectivity index (χ4v) is 3.61. The van der Waals surface area contributed by atoms with Gasteiger partial charge in [0.1, 0.15) is 6.04 Å². The van der Waals surface area contributed by atoms with Gasteiger partial charge in [-0.2, -0.15) is 5.26 Å². The van der Waals surface area contributed by atoms with Gasteiger partial charge in [0.05, 0.1) is 25.3 Å². The molecule has 2 aliphatic rings. The molecule has 0 bridgehead atoms. The Balaban J connectivity index is 1.77. The maximum Gasteiger partial charge on any atom is 0.236 e. The van der Waals surface area contributed by atoms with Gasteiger partial charge in [-0.05, 0) is 12.3 Å². The number of hydrogen-bond acceptors (Lipinski definition) is 5. The molecular formula is C18H32N4O2. The van der Waals surface area contributed by atoms with Crippen LogP contribution in [0.3, 0.4) is 0 Å². The Kier molecular flexibility index (Phi) is 7.47. The van der Waals surface area contributed by atoms with Crippen LogP contribution in [0, 0.1) is 17.2 Å². The van der Waals surface area contributed by atoms with Crippen LogP contribution in [-0.4, -0.2) is 85.2 Å². The van der Waals surface area contributed by atoms with Crippen LogP contribution in [0.5, 0.6) is 0 Å². The van der Waals surface area contributed by atoms with Crippen molar-refractivity contribution in [1.29, 1.82) is 5.26 Å². The average molecular weight is 336 g/mol. The number of morpholine rings is 1. The highest BCUT2D eigenvalue weighted by molar-refractivity contribution is 5.78. The third kappa shape index (κ3) is 5.17. The van der Waals surface area contributed by atoms with Crippen LogP contribution < -0.4 is 0 Å². The lowest BCUT2D eigenvalue weighted by atomic mass is 10.0. The normalized spacial score (nSPS) is 24.8. The summed E-state index contributed by atoms with van der Waals surface area (Å²) in [7, 11) is 0. The first-order chi connectivity index (χ1) is 11.5. The molecule has 0 spiro atoms. The maximum atomic E-state index is 12.6. The van der Waals surface area contributed by atoms with Crippen molar-refractivity contribution in [1.82, 2.24) is 14.7 Å². The van der Waals surface area contributed by atoms with Crippen LogP contribution in [0.4, 0.5) is 0 Å². The summed E-state index contributed by atoms with van der Waals surface area (Å²) in [4.78, 5) is 19.0. The topological polar surface area (TPSA) is 59.8 Å². The molecule has 2 fully saturated rings. The SMILES string of the molecule is CCC[C@@H]1CN(CC(=O)N2CCN([C@@H](C#N)C(C)C)CC2)CCO1. The van der Waals surface area contributed by atoms with Crippen LogP contribution in [0.25, 0.3) is 0 Å². The van der Waals surface area contributed by atoms with E-state index in [1.165, 1.54) is 0 Å². The highest BCUT2D eigenvalue weighted by Crippen LogP contribution is 2.14. The van der Waals surface area contributed by atoms with Gasteiger partial charge in [0.15, 0.2) is 0 Å². The van der Waals surface area contributed by atoms with Gasteiger partial charge in [-0.3, -0.25) is 14.6 Å². The van der Waals surface area contributed by atoms with Crippen molar-refractivity contribution in [2.75, 3.05) is 52.4 Å². The van der Waals surface area contributed by atoms with E-state index in [0.717, 1.165) is 58.7 Å². The standard InChI is InChI=1S/C18H32N4O2/c1-4-5-16-13-20(10-11-24-16)14-18(23)22-8-6-21(7-9-22)17(12-19)15(2)3/h15-17H,4-11,13-14H2,1-3H3/t16-,17+/m1/s1. The van der Waals surface area contributed by atoms with Gasteiger partial charge in [-0.15, -0.1) is 0 Å². The lowest BCUT2D eigenvalue weighted by Crippen LogP contribution is -2.55. The average Bonchev–Trinajstić information content (AvgIpc) is 2.56. The molecule has 1 amide bonds. The van der Waals surface area contributed by atoms with Gasteiger partial charge in [0, 0.05) is 39.3 Å². The van der Waals surface area contributed by atoms with Gasteiger partial charge in [-0.25, -0.2) is 0 Å². The molecule has 0 aliphatic carbocycles. The third-order valence-corrected chi connectivity index (χ3v) is 5.02. The second-order valence-corrected chi connectivity index (χ2v) is 7.25. The minimum absolute atomic E-state index is 0.0451. The Labute approximate surface area is 146 Å². The number of piperazine rings is 1. The van der Waals surface area contributed by atoms with Gasteiger partial charge in [0.25, 0.3) is 0 Å². The number of nitrogens with zero attached hydrogens (tertiary/aromatic N) is 4. The molecule has 0 radical (unpaired) electrons. The van der Waals surface area contributed by atoms with E-state index >= 15 is 0 Å². The van der Waals surface area contributed by atoms with Gasteiger partial charge in [-0.1, -0.05) is 27.2 Å². The van der Waals surface area contributed by atoms with E-state index in [1.807, 2.05) is 4.90 Å². The first kappa shape index (κ1) is 19.2. The Morgan fingerprint density at radius 2 is 1.96 bits per heavy atom. The number of rotatable bonds is 6. The van der Waals surface area contributed by atoms with E-state index in [0.29, 0.717) is 12.5 Å². The van der Waals surface area contributed by atoms with E-state index in [1.54, 1.807) is 0 Å². The molecule has 136 valence electrons. The number of amides is 1. The Hall–Kier alpha value is -1.16. The Bertz CT molecular complexity index is 439. The molecule has 0 aromatic carbocycles. The molecule has 2 atom stereocenters. The molecule has 24 heavy (non-hydrogen) atoms. The summed E-state index contributed by atoms with van der Waals surface area (Å²) < 4.78 is 5.75. The number of ether oxygens (including phenoxy) is 1. The van der Waals surface area contributed by atoms with E-state index in [9.17, 15) is 10.1 Å². The zero-order chi connectivity index (χ0) is 17.5. The monoisotopic (exact) mass is 336 g/mol. The number of nitriles is 1. The largest absolute Gasteiger partial charge is 0.376 e. The summed E-state index contributed by atoms with van der Waals surface area (Å²) in [5, 5.41) is 9.32. The second kappa shape index (κ2) is 9.36. The van der Waals surface area contributed by atoms with Crippen molar-refractivity contribution in [2.24, 2.45) is 5.92 Å². The number of carbonyl (C=O) groups is 1. The number of hydrogen-bond donors (Lipinski definition) is 0. The van der Waals surface area contributed by atoms with Crippen molar-refractivity contribution >= 4 is 5.91 Å². The van der Waals surface area contributed by atoms with Crippen LogP contribution in [0.1, 0.15) is 33.6 Å².